The lowest BCUT2D eigenvalue weighted by Gasteiger charge is -2.16. The third kappa shape index (κ3) is 3.72. The third-order valence-corrected chi connectivity index (χ3v) is 3.13. The first kappa shape index (κ1) is 14.8. The zero-order chi connectivity index (χ0) is 15.2. The van der Waals surface area contributed by atoms with Gasteiger partial charge in [-0.3, -0.25) is 10.1 Å². The van der Waals surface area contributed by atoms with E-state index in [1.807, 2.05) is 42.5 Å². The summed E-state index contributed by atoms with van der Waals surface area (Å²) < 4.78 is 0. The van der Waals surface area contributed by atoms with Crippen molar-refractivity contribution in [2.45, 2.75) is 19.9 Å². The van der Waals surface area contributed by atoms with Gasteiger partial charge in [0.25, 0.3) is 0 Å². The summed E-state index contributed by atoms with van der Waals surface area (Å²) in [7, 11) is 0. The summed E-state index contributed by atoms with van der Waals surface area (Å²) in [5, 5.41) is 10.1. The van der Waals surface area contributed by atoms with Gasteiger partial charge in [0.05, 0.1) is 0 Å². The smallest absolute Gasteiger partial charge is 0.321 e. The second-order valence-corrected chi connectivity index (χ2v) is 4.74. The lowest BCUT2D eigenvalue weighted by Crippen LogP contribution is -2.45. The van der Waals surface area contributed by atoms with Gasteiger partial charge in [0.15, 0.2) is 0 Å². The number of carbonyl (C=O) groups is 2. The van der Waals surface area contributed by atoms with Crippen molar-refractivity contribution in [2.24, 2.45) is 0 Å². The maximum Gasteiger partial charge on any atom is 0.321 e. The Labute approximate surface area is 123 Å². The number of anilines is 1. The molecule has 1 atom stereocenters. The summed E-state index contributed by atoms with van der Waals surface area (Å²) >= 11 is 0. The van der Waals surface area contributed by atoms with Gasteiger partial charge in [0.2, 0.25) is 5.91 Å². The molecule has 0 aliphatic rings. The van der Waals surface area contributed by atoms with E-state index >= 15 is 0 Å². The van der Waals surface area contributed by atoms with Crippen LogP contribution in [0.4, 0.5) is 10.5 Å². The Balaban J connectivity index is 2.09. The number of urea groups is 1. The summed E-state index contributed by atoms with van der Waals surface area (Å²) in [6.45, 7) is 3.99. The first-order valence-corrected chi connectivity index (χ1v) is 6.94. The van der Waals surface area contributed by atoms with Crippen LogP contribution in [0.15, 0.2) is 42.5 Å². The van der Waals surface area contributed by atoms with Crippen LogP contribution in [0.2, 0.25) is 0 Å². The Morgan fingerprint density at radius 2 is 1.81 bits per heavy atom. The lowest BCUT2D eigenvalue weighted by atomic mass is 10.1. The Kier molecular flexibility index (Phi) is 4.77. The van der Waals surface area contributed by atoms with E-state index in [-0.39, 0.29) is 5.91 Å². The van der Waals surface area contributed by atoms with E-state index in [1.54, 1.807) is 13.8 Å². The zero-order valence-corrected chi connectivity index (χ0v) is 12.1. The zero-order valence-electron chi connectivity index (χ0n) is 12.1. The largest absolute Gasteiger partial charge is 0.373 e. The first-order valence-electron chi connectivity index (χ1n) is 6.94. The summed E-state index contributed by atoms with van der Waals surface area (Å²) in [4.78, 5) is 23.3. The molecule has 0 spiro atoms. The average molecular weight is 285 g/mol. The SMILES string of the molecule is CCNC(=O)NC(=O)C(C)Nc1cccc2ccccc12. The van der Waals surface area contributed by atoms with Gasteiger partial charge in [-0.05, 0) is 25.3 Å². The Morgan fingerprint density at radius 1 is 1.10 bits per heavy atom. The summed E-state index contributed by atoms with van der Waals surface area (Å²) in [5.41, 5.74) is 0.867. The van der Waals surface area contributed by atoms with Gasteiger partial charge in [-0.25, -0.2) is 4.79 Å². The van der Waals surface area contributed by atoms with Gasteiger partial charge in [-0.15, -0.1) is 0 Å². The molecule has 0 saturated heterocycles. The fourth-order valence-corrected chi connectivity index (χ4v) is 2.07. The minimum absolute atomic E-state index is 0.367. The number of imide groups is 1. The van der Waals surface area contributed by atoms with E-state index in [9.17, 15) is 9.59 Å². The molecule has 0 fully saturated rings. The van der Waals surface area contributed by atoms with Gasteiger partial charge in [-0.2, -0.15) is 0 Å². The molecule has 21 heavy (non-hydrogen) atoms. The molecule has 2 aromatic rings. The van der Waals surface area contributed by atoms with Crippen LogP contribution in [0.3, 0.4) is 0 Å². The highest BCUT2D eigenvalue weighted by molar-refractivity contribution is 6.00. The molecule has 0 aromatic heterocycles. The number of fused-ring (bicyclic) bond motifs is 1. The number of benzene rings is 2. The third-order valence-electron chi connectivity index (χ3n) is 3.13. The molecular weight excluding hydrogens is 266 g/mol. The maximum atomic E-state index is 11.9. The van der Waals surface area contributed by atoms with Gasteiger partial charge in [0.1, 0.15) is 6.04 Å². The minimum atomic E-state index is -0.515. The van der Waals surface area contributed by atoms with Crippen LogP contribution in [-0.2, 0) is 4.79 Å². The molecule has 5 nitrogen and oxygen atoms in total. The van der Waals surface area contributed by atoms with Crippen LogP contribution in [0.25, 0.3) is 10.8 Å². The Morgan fingerprint density at radius 3 is 2.57 bits per heavy atom. The van der Waals surface area contributed by atoms with Crippen LogP contribution in [-0.4, -0.2) is 24.5 Å². The van der Waals surface area contributed by atoms with Crippen LogP contribution in [0.5, 0.6) is 0 Å². The van der Waals surface area contributed by atoms with Gasteiger partial charge in [0, 0.05) is 17.6 Å². The normalized spacial score (nSPS) is 11.7. The number of amides is 3. The van der Waals surface area contributed by atoms with Crippen molar-refractivity contribution in [1.82, 2.24) is 10.6 Å². The lowest BCUT2D eigenvalue weighted by molar-refractivity contribution is -0.120. The monoisotopic (exact) mass is 285 g/mol. The molecule has 5 heteroatoms. The summed E-state index contributed by atoms with van der Waals surface area (Å²) in [6, 6.07) is 12.8. The van der Waals surface area contributed by atoms with Crippen molar-refractivity contribution in [3.05, 3.63) is 42.5 Å². The number of carbonyl (C=O) groups excluding carboxylic acids is 2. The second-order valence-electron chi connectivity index (χ2n) is 4.74. The first-order chi connectivity index (χ1) is 10.1. The van der Waals surface area contributed by atoms with Crippen molar-refractivity contribution in [2.75, 3.05) is 11.9 Å². The number of hydrogen-bond donors (Lipinski definition) is 3. The van der Waals surface area contributed by atoms with Crippen molar-refractivity contribution in [3.63, 3.8) is 0 Å². The van der Waals surface area contributed by atoms with Crippen LogP contribution >= 0.6 is 0 Å². The molecule has 3 N–H and O–H groups in total. The van der Waals surface area contributed by atoms with E-state index in [4.69, 9.17) is 0 Å². The van der Waals surface area contributed by atoms with Crippen LogP contribution < -0.4 is 16.0 Å². The van der Waals surface area contributed by atoms with E-state index in [0.717, 1.165) is 16.5 Å². The topological polar surface area (TPSA) is 70.2 Å². The molecule has 3 amide bonds. The number of hydrogen-bond acceptors (Lipinski definition) is 3. The molecule has 0 saturated carbocycles. The van der Waals surface area contributed by atoms with E-state index < -0.39 is 12.1 Å². The maximum absolute atomic E-state index is 11.9. The standard InChI is InChI=1S/C16H19N3O2/c1-3-17-16(21)19-15(20)11(2)18-14-10-6-8-12-7-4-5-9-13(12)14/h4-11,18H,3H2,1-2H3,(H2,17,19,20,21). The molecule has 0 aliphatic heterocycles. The molecule has 0 bridgehead atoms. The molecule has 0 radical (unpaired) electrons. The van der Waals surface area contributed by atoms with Gasteiger partial charge in [-0.1, -0.05) is 36.4 Å². The molecule has 110 valence electrons. The minimum Gasteiger partial charge on any atom is -0.373 e. The van der Waals surface area contributed by atoms with Gasteiger partial charge < -0.3 is 10.6 Å². The van der Waals surface area contributed by atoms with Crippen molar-refractivity contribution < 1.29 is 9.59 Å². The van der Waals surface area contributed by atoms with Crippen molar-refractivity contribution >= 4 is 28.4 Å². The highest BCUT2D eigenvalue weighted by Gasteiger charge is 2.15. The molecular formula is C16H19N3O2. The molecule has 0 heterocycles. The van der Waals surface area contributed by atoms with E-state index in [0.29, 0.717) is 6.54 Å². The van der Waals surface area contributed by atoms with E-state index in [1.165, 1.54) is 0 Å². The van der Waals surface area contributed by atoms with Gasteiger partial charge >= 0.3 is 6.03 Å². The number of nitrogens with one attached hydrogen (secondary N) is 3. The van der Waals surface area contributed by atoms with Crippen LogP contribution in [0, 0.1) is 0 Å². The Bertz CT molecular complexity index is 650. The van der Waals surface area contributed by atoms with Crippen molar-refractivity contribution in [1.29, 1.82) is 0 Å². The molecule has 0 aliphatic carbocycles. The fourth-order valence-electron chi connectivity index (χ4n) is 2.07. The molecule has 2 aromatic carbocycles. The van der Waals surface area contributed by atoms with Crippen LogP contribution in [0.1, 0.15) is 13.8 Å². The fraction of sp³-hybridized carbons (Fsp3) is 0.250. The number of rotatable bonds is 4. The highest BCUT2D eigenvalue weighted by atomic mass is 16.2. The summed E-state index contributed by atoms with van der Waals surface area (Å²) in [6.07, 6.45) is 0. The highest BCUT2D eigenvalue weighted by Crippen LogP contribution is 2.23. The quantitative estimate of drug-likeness (QED) is 0.808. The Hall–Kier alpha value is -2.56. The second kappa shape index (κ2) is 6.74. The van der Waals surface area contributed by atoms with Crippen molar-refractivity contribution in [3.8, 4) is 0 Å². The predicted octanol–water partition coefficient (Wildman–Crippen LogP) is 2.49. The predicted molar refractivity (Wildman–Crippen MR) is 84.2 cm³/mol. The average Bonchev–Trinajstić information content (AvgIpc) is 2.47. The summed E-state index contributed by atoms with van der Waals surface area (Å²) in [5.74, 6) is -0.367. The molecule has 2 rings (SSSR count). The molecule has 1 unspecified atom stereocenters. The van der Waals surface area contributed by atoms with E-state index in [2.05, 4.69) is 16.0 Å².